The number of nitrogens with one attached hydrogen (secondary N) is 1. The molecule has 0 unspecified atom stereocenters. The predicted octanol–water partition coefficient (Wildman–Crippen LogP) is 3.74. The number of aryl methyl sites for hydroxylation is 2. The van der Waals surface area contributed by atoms with E-state index in [9.17, 15) is 9.59 Å². The summed E-state index contributed by atoms with van der Waals surface area (Å²) in [4.78, 5) is 27.0. The summed E-state index contributed by atoms with van der Waals surface area (Å²) in [5.41, 5.74) is 3.47. The Kier molecular flexibility index (Phi) is 8.05. The van der Waals surface area contributed by atoms with Crippen molar-refractivity contribution in [3.8, 4) is 0 Å². The van der Waals surface area contributed by atoms with E-state index in [1.54, 1.807) is 11.9 Å². The van der Waals surface area contributed by atoms with E-state index in [2.05, 4.69) is 36.5 Å². The summed E-state index contributed by atoms with van der Waals surface area (Å²) in [7, 11) is 1.62. The standard InChI is InChI=1S/C23H30N2O2/c1-4-18-11-13-19(14-12-18)15-16-22(26)25(21(5-2)23(27)24-3)17-20-9-7-6-8-10-20/h6-14,21H,4-5,15-17H2,1-3H3,(H,24,27)/t21-/m0/s1. The lowest BCUT2D eigenvalue weighted by atomic mass is 10.0. The van der Waals surface area contributed by atoms with Crippen LogP contribution < -0.4 is 5.32 Å². The zero-order chi connectivity index (χ0) is 19.6. The number of carbonyl (C=O) groups is 2. The van der Waals surface area contributed by atoms with Crippen molar-refractivity contribution in [1.29, 1.82) is 0 Å². The van der Waals surface area contributed by atoms with Gasteiger partial charge in [-0.15, -0.1) is 0 Å². The van der Waals surface area contributed by atoms with Crippen molar-refractivity contribution in [3.05, 3.63) is 71.3 Å². The lowest BCUT2D eigenvalue weighted by molar-refractivity contribution is -0.141. The Bertz CT molecular complexity index is 726. The van der Waals surface area contributed by atoms with Crippen LogP contribution in [0.25, 0.3) is 0 Å². The minimum absolute atomic E-state index is 0.00821. The summed E-state index contributed by atoms with van der Waals surface area (Å²) in [5, 5.41) is 2.69. The molecule has 27 heavy (non-hydrogen) atoms. The summed E-state index contributed by atoms with van der Waals surface area (Å²) in [5.74, 6) is -0.108. The highest BCUT2D eigenvalue weighted by Gasteiger charge is 2.27. The van der Waals surface area contributed by atoms with Gasteiger partial charge in [-0.1, -0.05) is 68.4 Å². The Hall–Kier alpha value is -2.62. The predicted molar refractivity (Wildman–Crippen MR) is 109 cm³/mol. The van der Waals surface area contributed by atoms with Gasteiger partial charge >= 0.3 is 0 Å². The number of nitrogens with zero attached hydrogens (tertiary/aromatic N) is 1. The SMILES string of the molecule is CCc1ccc(CCC(=O)N(Cc2ccccc2)[C@@H](CC)C(=O)NC)cc1. The monoisotopic (exact) mass is 366 g/mol. The van der Waals surface area contributed by atoms with Gasteiger partial charge in [0.25, 0.3) is 0 Å². The first-order valence-corrected chi connectivity index (χ1v) is 9.71. The van der Waals surface area contributed by atoms with E-state index in [0.717, 1.165) is 17.5 Å². The molecule has 0 aliphatic carbocycles. The molecule has 1 N–H and O–H groups in total. The van der Waals surface area contributed by atoms with Crippen LogP contribution in [0.15, 0.2) is 54.6 Å². The lowest BCUT2D eigenvalue weighted by Gasteiger charge is -2.30. The molecule has 1 atom stereocenters. The first-order valence-electron chi connectivity index (χ1n) is 9.71. The van der Waals surface area contributed by atoms with E-state index in [1.807, 2.05) is 37.3 Å². The van der Waals surface area contributed by atoms with Crippen LogP contribution in [0.2, 0.25) is 0 Å². The third-order valence-corrected chi connectivity index (χ3v) is 4.89. The molecule has 0 aliphatic heterocycles. The van der Waals surface area contributed by atoms with E-state index >= 15 is 0 Å². The number of hydrogen-bond acceptors (Lipinski definition) is 2. The smallest absolute Gasteiger partial charge is 0.242 e. The minimum atomic E-state index is -0.454. The van der Waals surface area contributed by atoms with Crippen molar-refractivity contribution in [2.45, 2.75) is 52.1 Å². The van der Waals surface area contributed by atoms with Crippen LogP contribution in [0, 0.1) is 0 Å². The van der Waals surface area contributed by atoms with Crippen LogP contribution in [0.5, 0.6) is 0 Å². The number of carbonyl (C=O) groups excluding carboxylic acids is 2. The summed E-state index contributed by atoms with van der Waals surface area (Å²) in [6.07, 6.45) is 2.67. The van der Waals surface area contributed by atoms with Gasteiger partial charge in [0, 0.05) is 20.0 Å². The number of benzene rings is 2. The summed E-state index contributed by atoms with van der Waals surface area (Å²) >= 11 is 0. The topological polar surface area (TPSA) is 49.4 Å². The number of amides is 2. The van der Waals surface area contributed by atoms with Gasteiger partial charge in [-0.3, -0.25) is 9.59 Å². The average molecular weight is 367 g/mol. The highest BCUT2D eigenvalue weighted by atomic mass is 16.2. The maximum absolute atomic E-state index is 13.0. The molecule has 2 amide bonds. The van der Waals surface area contributed by atoms with E-state index in [1.165, 1.54) is 5.56 Å². The van der Waals surface area contributed by atoms with Gasteiger partial charge in [0.2, 0.25) is 11.8 Å². The number of hydrogen-bond donors (Lipinski definition) is 1. The van der Waals surface area contributed by atoms with Crippen molar-refractivity contribution in [2.24, 2.45) is 0 Å². The summed E-state index contributed by atoms with van der Waals surface area (Å²) in [6.45, 7) is 4.51. The van der Waals surface area contributed by atoms with Gasteiger partial charge in [0.05, 0.1) is 0 Å². The molecule has 0 spiro atoms. The molecule has 2 rings (SSSR count). The summed E-state index contributed by atoms with van der Waals surface area (Å²) in [6, 6.07) is 17.8. The fourth-order valence-corrected chi connectivity index (χ4v) is 3.20. The molecular weight excluding hydrogens is 336 g/mol. The fourth-order valence-electron chi connectivity index (χ4n) is 3.20. The maximum atomic E-state index is 13.0. The first-order chi connectivity index (χ1) is 13.1. The van der Waals surface area contributed by atoms with Gasteiger partial charge < -0.3 is 10.2 Å². The Morgan fingerprint density at radius 1 is 0.926 bits per heavy atom. The molecular formula is C23H30N2O2. The van der Waals surface area contributed by atoms with E-state index in [-0.39, 0.29) is 11.8 Å². The molecule has 144 valence electrons. The van der Waals surface area contributed by atoms with Gasteiger partial charge in [-0.2, -0.15) is 0 Å². The van der Waals surface area contributed by atoms with Gasteiger partial charge in [-0.25, -0.2) is 0 Å². The molecule has 4 heteroatoms. The molecule has 4 nitrogen and oxygen atoms in total. The van der Waals surface area contributed by atoms with Gasteiger partial charge in [-0.05, 0) is 36.0 Å². The number of likely N-dealkylation sites (N-methyl/N-ethyl adjacent to an activating group) is 1. The first kappa shape index (κ1) is 20.7. The minimum Gasteiger partial charge on any atom is -0.357 e. The normalized spacial score (nSPS) is 11.7. The summed E-state index contributed by atoms with van der Waals surface area (Å²) < 4.78 is 0. The van der Waals surface area contributed by atoms with E-state index in [0.29, 0.717) is 25.8 Å². The third-order valence-electron chi connectivity index (χ3n) is 4.89. The highest BCUT2D eigenvalue weighted by Crippen LogP contribution is 2.15. The van der Waals surface area contributed by atoms with E-state index in [4.69, 9.17) is 0 Å². The molecule has 0 saturated carbocycles. The van der Waals surface area contributed by atoms with Crippen molar-refractivity contribution in [1.82, 2.24) is 10.2 Å². The second kappa shape index (κ2) is 10.5. The van der Waals surface area contributed by atoms with Gasteiger partial charge in [0.15, 0.2) is 0 Å². The van der Waals surface area contributed by atoms with Crippen molar-refractivity contribution in [2.75, 3.05) is 7.05 Å². The largest absolute Gasteiger partial charge is 0.357 e. The van der Waals surface area contributed by atoms with Crippen LogP contribution in [0.4, 0.5) is 0 Å². The molecule has 0 heterocycles. The van der Waals surface area contributed by atoms with Crippen molar-refractivity contribution < 1.29 is 9.59 Å². The van der Waals surface area contributed by atoms with Crippen LogP contribution in [0.1, 0.15) is 43.4 Å². The van der Waals surface area contributed by atoms with Crippen LogP contribution in [-0.2, 0) is 29.0 Å². The highest BCUT2D eigenvalue weighted by molar-refractivity contribution is 5.87. The third kappa shape index (κ3) is 5.95. The van der Waals surface area contributed by atoms with Crippen LogP contribution in [0.3, 0.4) is 0 Å². The Morgan fingerprint density at radius 2 is 1.56 bits per heavy atom. The van der Waals surface area contributed by atoms with E-state index < -0.39 is 6.04 Å². The van der Waals surface area contributed by atoms with Crippen LogP contribution >= 0.6 is 0 Å². The average Bonchev–Trinajstić information content (AvgIpc) is 2.72. The quantitative estimate of drug-likeness (QED) is 0.735. The zero-order valence-electron chi connectivity index (χ0n) is 16.6. The Balaban J connectivity index is 2.12. The molecule has 0 fully saturated rings. The van der Waals surface area contributed by atoms with Crippen LogP contribution in [-0.4, -0.2) is 29.8 Å². The molecule has 0 aromatic heterocycles. The number of rotatable bonds is 9. The maximum Gasteiger partial charge on any atom is 0.242 e. The molecule has 2 aromatic carbocycles. The Labute approximate surface area is 162 Å². The van der Waals surface area contributed by atoms with Gasteiger partial charge in [0.1, 0.15) is 6.04 Å². The van der Waals surface area contributed by atoms with Crippen molar-refractivity contribution >= 4 is 11.8 Å². The molecule has 0 saturated heterocycles. The second-order valence-corrected chi connectivity index (χ2v) is 6.72. The fraction of sp³-hybridized carbons (Fsp3) is 0.391. The molecule has 2 aromatic rings. The van der Waals surface area contributed by atoms with Crippen molar-refractivity contribution in [3.63, 3.8) is 0 Å². The Morgan fingerprint density at radius 3 is 2.11 bits per heavy atom. The zero-order valence-corrected chi connectivity index (χ0v) is 16.6. The molecule has 0 bridgehead atoms. The second-order valence-electron chi connectivity index (χ2n) is 6.72. The lowest BCUT2D eigenvalue weighted by Crippen LogP contribution is -2.48. The molecule has 0 aliphatic rings. The molecule has 0 radical (unpaired) electrons.